The summed E-state index contributed by atoms with van der Waals surface area (Å²) < 4.78 is 0. The highest BCUT2D eigenvalue weighted by Gasteiger charge is 2.66. The summed E-state index contributed by atoms with van der Waals surface area (Å²) >= 11 is 0. The van der Waals surface area contributed by atoms with Gasteiger partial charge in [0.15, 0.2) is 0 Å². The Labute approximate surface area is 104 Å². The lowest BCUT2D eigenvalue weighted by Crippen LogP contribution is -2.43. The Balaban J connectivity index is 2.03. The molecule has 0 radical (unpaired) electrons. The summed E-state index contributed by atoms with van der Waals surface area (Å²) in [5.74, 6) is 2.36. The predicted octanol–water partition coefficient (Wildman–Crippen LogP) is 2.36. The molecular formula is C15H24O2. The standard InChI is InChI=1S/C15H24O2/c1-8-5-6-9-12(8)13-10(14(13,2)3)7-11(16)15(9,4)17/h6,8,10-13,16-17H,5,7H2,1-4H3/t8-,10-,11+,12-,13-,15-/m1/s1. The monoisotopic (exact) mass is 236 g/mol. The van der Waals surface area contributed by atoms with Crippen LogP contribution in [-0.4, -0.2) is 21.9 Å². The first kappa shape index (κ1) is 11.7. The Kier molecular flexibility index (Phi) is 2.18. The minimum Gasteiger partial charge on any atom is -0.390 e. The van der Waals surface area contributed by atoms with Crippen LogP contribution in [0, 0.1) is 29.1 Å². The highest BCUT2D eigenvalue weighted by atomic mass is 16.3. The smallest absolute Gasteiger partial charge is 0.109 e. The molecule has 3 aliphatic carbocycles. The fourth-order valence-corrected chi connectivity index (χ4v) is 4.61. The van der Waals surface area contributed by atoms with Gasteiger partial charge in [0.2, 0.25) is 0 Å². The van der Waals surface area contributed by atoms with E-state index < -0.39 is 11.7 Å². The Hall–Kier alpha value is -0.340. The lowest BCUT2D eigenvalue weighted by molar-refractivity contribution is -0.0444. The topological polar surface area (TPSA) is 40.5 Å². The Morgan fingerprint density at radius 2 is 1.94 bits per heavy atom. The lowest BCUT2D eigenvalue weighted by atomic mass is 9.77. The number of allylic oxidation sites excluding steroid dienone is 1. The van der Waals surface area contributed by atoms with Crippen LogP contribution in [0.15, 0.2) is 11.6 Å². The quantitative estimate of drug-likeness (QED) is 0.634. The number of fused-ring (bicyclic) bond motifs is 3. The normalized spacial score (nSPS) is 55.6. The van der Waals surface area contributed by atoms with Crippen molar-refractivity contribution in [3.63, 3.8) is 0 Å². The van der Waals surface area contributed by atoms with Crippen LogP contribution in [-0.2, 0) is 0 Å². The third kappa shape index (κ3) is 1.34. The Bertz CT molecular complexity index is 380. The fraction of sp³-hybridized carbons (Fsp3) is 0.867. The maximum absolute atomic E-state index is 10.6. The molecule has 2 N–H and O–H groups in total. The minimum atomic E-state index is -1.00. The molecule has 0 spiro atoms. The van der Waals surface area contributed by atoms with E-state index in [4.69, 9.17) is 0 Å². The second-order valence-electron chi connectivity index (χ2n) is 7.25. The maximum atomic E-state index is 10.6. The van der Waals surface area contributed by atoms with Crippen molar-refractivity contribution in [3.05, 3.63) is 11.6 Å². The van der Waals surface area contributed by atoms with Gasteiger partial charge in [-0.05, 0) is 54.4 Å². The van der Waals surface area contributed by atoms with Crippen molar-refractivity contribution in [1.29, 1.82) is 0 Å². The van der Waals surface area contributed by atoms with Crippen molar-refractivity contribution in [3.8, 4) is 0 Å². The fourth-order valence-electron chi connectivity index (χ4n) is 4.61. The summed E-state index contributed by atoms with van der Waals surface area (Å²) in [6.45, 7) is 8.72. The summed E-state index contributed by atoms with van der Waals surface area (Å²) in [6.07, 6.45) is 3.40. The van der Waals surface area contributed by atoms with Gasteiger partial charge in [-0.15, -0.1) is 0 Å². The molecule has 2 nitrogen and oxygen atoms in total. The lowest BCUT2D eigenvalue weighted by Gasteiger charge is -2.34. The second-order valence-corrected chi connectivity index (χ2v) is 7.25. The summed E-state index contributed by atoms with van der Waals surface area (Å²) in [7, 11) is 0. The molecule has 2 saturated carbocycles. The van der Waals surface area contributed by atoms with Gasteiger partial charge in [0.05, 0.1) is 6.10 Å². The van der Waals surface area contributed by atoms with E-state index in [2.05, 4.69) is 26.8 Å². The van der Waals surface area contributed by atoms with Crippen molar-refractivity contribution in [2.75, 3.05) is 0 Å². The molecule has 0 unspecified atom stereocenters. The van der Waals surface area contributed by atoms with Crippen molar-refractivity contribution in [2.24, 2.45) is 29.1 Å². The second kappa shape index (κ2) is 3.16. The predicted molar refractivity (Wildman–Crippen MR) is 67.4 cm³/mol. The van der Waals surface area contributed by atoms with E-state index in [1.54, 1.807) is 6.92 Å². The van der Waals surface area contributed by atoms with E-state index in [1.165, 1.54) is 0 Å². The SMILES string of the molecule is C[C@@H]1CC=C2[C@@H]1[C@H]1[C@@H](C[C@H](O)[C@]2(C)O)C1(C)C. The van der Waals surface area contributed by atoms with Gasteiger partial charge in [0.25, 0.3) is 0 Å². The van der Waals surface area contributed by atoms with Gasteiger partial charge in [-0.25, -0.2) is 0 Å². The summed E-state index contributed by atoms with van der Waals surface area (Å²) in [5, 5.41) is 20.9. The Morgan fingerprint density at radius 1 is 1.29 bits per heavy atom. The first-order chi connectivity index (χ1) is 7.78. The zero-order chi connectivity index (χ0) is 12.6. The molecule has 3 rings (SSSR count). The van der Waals surface area contributed by atoms with Crippen LogP contribution in [0.2, 0.25) is 0 Å². The molecule has 3 aliphatic rings. The van der Waals surface area contributed by atoms with Gasteiger partial charge in [0.1, 0.15) is 5.60 Å². The minimum absolute atomic E-state index is 0.347. The first-order valence-corrected chi connectivity index (χ1v) is 6.89. The van der Waals surface area contributed by atoms with E-state index >= 15 is 0 Å². The van der Waals surface area contributed by atoms with Gasteiger partial charge in [-0.1, -0.05) is 26.8 Å². The average molecular weight is 236 g/mol. The largest absolute Gasteiger partial charge is 0.390 e. The zero-order valence-corrected chi connectivity index (χ0v) is 11.3. The number of hydrogen-bond donors (Lipinski definition) is 2. The van der Waals surface area contributed by atoms with Crippen LogP contribution >= 0.6 is 0 Å². The molecule has 0 heterocycles. The molecular weight excluding hydrogens is 212 g/mol. The third-order valence-corrected chi connectivity index (χ3v) is 5.92. The molecule has 0 aromatic carbocycles. The number of hydrogen-bond acceptors (Lipinski definition) is 2. The molecule has 0 aliphatic heterocycles. The first-order valence-electron chi connectivity index (χ1n) is 6.89. The molecule has 0 bridgehead atoms. The summed E-state index contributed by atoms with van der Waals surface area (Å²) in [5.41, 5.74) is 0.467. The van der Waals surface area contributed by atoms with Crippen LogP contribution in [0.3, 0.4) is 0 Å². The van der Waals surface area contributed by atoms with E-state index in [0.29, 0.717) is 29.1 Å². The van der Waals surface area contributed by atoms with Gasteiger partial charge in [-0.3, -0.25) is 0 Å². The third-order valence-electron chi connectivity index (χ3n) is 5.92. The molecule has 96 valence electrons. The zero-order valence-electron chi connectivity index (χ0n) is 11.3. The van der Waals surface area contributed by atoms with Gasteiger partial charge in [0, 0.05) is 0 Å². The van der Waals surface area contributed by atoms with Crippen molar-refractivity contribution >= 4 is 0 Å². The van der Waals surface area contributed by atoms with E-state index in [-0.39, 0.29) is 0 Å². The van der Waals surface area contributed by atoms with Gasteiger partial charge < -0.3 is 10.2 Å². The van der Waals surface area contributed by atoms with Crippen LogP contribution in [0.1, 0.15) is 40.5 Å². The van der Waals surface area contributed by atoms with E-state index in [0.717, 1.165) is 18.4 Å². The van der Waals surface area contributed by atoms with Crippen molar-refractivity contribution in [2.45, 2.75) is 52.2 Å². The highest BCUT2D eigenvalue weighted by molar-refractivity contribution is 5.33. The van der Waals surface area contributed by atoms with Gasteiger partial charge >= 0.3 is 0 Å². The van der Waals surface area contributed by atoms with Crippen LogP contribution < -0.4 is 0 Å². The maximum Gasteiger partial charge on any atom is 0.109 e. The number of aliphatic hydroxyl groups excluding tert-OH is 1. The summed E-state index contributed by atoms with van der Waals surface area (Å²) in [4.78, 5) is 0. The van der Waals surface area contributed by atoms with Crippen molar-refractivity contribution < 1.29 is 10.2 Å². The molecule has 6 atom stereocenters. The van der Waals surface area contributed by atoms with Crippen LogP contribution in [0.4, 0.5) is 0 Å². The Morgan fingerprint density at radius 3 is 2.59 bits per heavy atom. The number of aliphatic hydroxyl groups is 2. The average Bonchev–Trinajstić information content (AvgIpc) is 2.58. The molecule has 0 aromatic heterocycles. The van der Waals surface area contributed by atoms with Crippen molar-refractivity contribution in [1.82, 2.24) is 0 Å². The molecule has 0 saturated heterocycles. The number of rotatable bonds is 0. The molecule has 0 aromatic rings. The summed E-state index contributed by atoms with van der Waals surface area (Å²) in [6, 6.07) is 0. The molecule has 2 fully saturated rings. The highest BCUT2D eigenvalue weighted by Crippen LogP contribution is 2.70. The molecule has 0 amide bonds. The molecule has 2 heteroatoms. The molecule has 17 heavy (non-hydrogen) atoms. The van der Waals surface area contributed by atoms with E-state index in [9.17, 15) is 10.2 Å². The van der Waals surface area contributed by atoms with E-state index in [1.807, 2.05) is 0 Å². The van der Waals surface area contributed by atoms with Crippen LogP contribution in [0.25, 0.3) is 0 Å². The van der Waals surface area contributed by atoms with Crippen LogP contribution in [0.5, 0.6) is 0 Å². The van der Waals surface area contributed by atoms with Gasteiger partial charge in [-0.2, -0.15) is 0 Å².